The minimum atomic E-state index is -1.11. The minimum Gasteiger partial charge on any atom is -0.478 e. The Morgan fingerprint density at radius 1 is 1.47 bits per heavy atom. The number of Topliss-reactive ketones (excluding diaryl/α,β-unsaturated/α-hetero) is 1. The van der Waals surface area contributed by atoms with Gasteiger partial charge >= 0.3 is 0 Å². The smallest absolute Gasteiger partial charge is 0.233 e. The molecule has 3 aliphatic heterocycles. The molecule has 4 nitrogen and oxygen atoms in total. The molecule has 0 N–H and O–H groups in total. The standard InChI is InChI=1S/C10H11ClO4/c1-9-3-2-6(15-9)7(12)8(11)10(9)13-4-5-14-10/h2,8H,3-5H2,1H3/t8?,9-/m1/s1. The van der Waals surface area contributed by atoms with Crippen LogP contribution in [-0.4, -0.2) is 35.8 Å². The quantitative estimate of drug-likeness (QED) is 0.582. The zero-order valence-corrected chi connectivity index (χ0v) is 9.04. The molecule has 0 radical (unpaired) electrons. The maximum atomic E-state index is 11.8. The second-order valence-electron chi connectivity index (χ2n) is 4.20. The zero-order chi connectivity index (χ0) is 10.7. The molecule has 1 spiro atoms. The summed E-state index contributed by atoms with van der Waals surface area (Å²) in [4.78, 5) is 11.8. The van der Waals surface area contributed by atoms with Gasteiger partial charge in [0.25, 0.3) is 0 Å². The van der Waals surface area contributed by atoms with E-state index < -0.39 is 16.8 Å². The Labute approximate surface area is 92.1 Å². The zero-order valence-electron chi connectivity index (χ0n) is 8.29. The number of hydrogen-bond acceptors (Lipinski definition) is 4. The van der Waals surface area contributed by atoms with E-state index in [0.29, 0.717) is 25.4 Å². The van der Waals surface area contributed by atoms with Crippen LogP contribution in [0.5, 0.6) is 0 Å². The Hall–Kier alpha value is -0.580. The summed E-state index contributed by atoms with van der Waals surface area (Å²) in [6, 6.07) is 0. The molecule has 82 valence electrons. The molecule has 0 amide bonds. The number of carbonyl (C=O) groups excluding carboxylic acids is 1. The molecule has 2 atom stereocenters. The molecule has 3 heterocycles. The number of ketones is 1. The number of halogens is 1. The van der Waals surface area contributed by atoms with Gasteiger partial charge in [0.2, 0.25) is 11.6 Å². The van der Waals surface area contributed by atoms with Gasteiger partial charge < -0.3 is 14.2 Å². The Kier molecular flexibility index (Phi) is 1.77. The fourth-order valence-corrected chi connectivity index (χ4v) is 2.89. The molecule has 0 saturated carbocycles. The molecule has 0 aliphatic carbocycles. The van der Waals surface area contributed by atoms with E-state index in [-0.39, 0.29) is 5.78 Å². The van der Waals surface area contributed by atoms with Crippen molar-refractivity contribution in [3.63, 3.8) is 0 Å². The topological polar surface area (TPSA) is 44.8 Å². The first-order valence-electron chi connectivity index (χ1n) is 4.94. The lowest BCUT2D eigenvalue weighted by atomic mass is 9.88. The molecular weight excluding hydrogens is 220 g/mol. The maximum Gasteiger partial charge on any atom is 0.233 e. The highest BCUT2D eigenvalue weighted by Crippen LogP contribution is 2.50. The van der Waals surface area contributed by atoms with E-state index in [0.717, 1.165) is 0 Å². The summed E-state index contributed by atoms with van der Waals surface area (Å²) >= 11 is 6.13. The van der Waals surface area contributed by atoms with Crippen LogP contribution in [0.25, 0.3) is 0 Å². The molecule has 2 bridgehead atoms. The molecule has 1 unspecified atom stereocenters. The Balaban J connectivity index is 2.09. The van der Waals surface area contributed by atoms with Crippen molar-refractivity contribution < 1.29 is 19.0 Å². The lowest BCUT2D eigenvalue weighted by Crippen LogP contribution is -2.63. The van der Waals surface area contributed by atoms with Crippen molar-refractivity contribution in [2.45, 2.75) is 30.1 Å². The van der Waals surface area contributed by atoms with Crippen LogP contribution in [0.15, 0.2) is 11.8 Å². The Morgan fingerprint density at radius 2 is 2.13 bits per heavy atom. The van der Waals surface area contributed by atoms with Crippen LogP contribution in [0.3, 0.4) is 0 Å². The summed E-state index contributed by atoms with van der Waals surface area (Å²) in [5.41, 5.74) is -0.668. The normalized spacial score (nSPS) is 41.9. The second-order valence-corrected chi connectivity index (χ2v) is 4.63. The van der Waals surface area contributed by atoms with Crippen LogP contribution in [0.4, 0.5) is 0 Å². The van der Waals surface area contributed by atoms with Crippen molar-refractivity contribution in [3.8, 4) is 0 Å². The molecule has 3 rings (SSSR count). The molecule has 2 saturated heterocycles. The number of hydrogen-bond donors (Lipinski definition) is 0. The molecule has 3 aliphatic rings. The van der Waals surface area contributed by atoms with Crippen LogP contribution in [-0.2, 0) is 19.0 Å². The highest BCUT2D eigenvalue weighted by molar-refractivity contribution is 6.35. The number of alkyl halides is 1. The van der Waals surface area contributed by atoms with Gasteiger partial charge in [-0.15, -0.1) is 11.6 Å². The van der Waals surface area contributed by atoms with Gasteiger partial charge in [0.05, 0.1) is 13.2 Å². The highest BCUT2D eigenvalue weighted by atomic mass is 35.5. The monoisotopic (exact) mass is 230 g/mol. The number of carbonyl (C=O) groups is 1. The van der Waals surface area contributed by atoms with Gasteiger partial charge in [-0.1, -0.05) is 0 Å². The van der Waals surface area contributed by atoms with Gasteiger partial charge in [-0.3, -0.25) is 4.79 Å². The highest BCUT2D eigenvalue weighted by Gasteiger charge is 2.67. The predicted molar refractivity (Wildman–Crippen MR) is 51.5 cm³/mol. The lowest BCUT2D eigenvalue weighted by Gasteiger charge is -2.46. The first-order chi connectivity index (χ1) is 7.09. The van der Waals surface area contributed by atoms with Crippen LogP contribution >= 0.6 is 11.6 Å². The number of ether oxygens (including phenoxy) is 3. The minimum absolute atomic E-state index is 0.242. The number of allylic oxidation sites excluding steroid dienone is 1. The van der Waals surface area contributed by atoms with Gasteiger partial charge in [0, 0.05) is 6.42 Å². The van der Waals surface area contributed by atoms with E-state index in [9.17, 15) is 4.79 Å². The molecule has 0 aromatic heterocycles. The summed E-state index contributed by atoms with van der Waals surface area (Å²) in [5, 5.41) is -0.813. The van der Waals surface area contributed by atoms with Crippen molar-refractivity contribution in [1.82, 2.24) is 0 Å². The van der Waals surface area contributed by atoms with E-state index in [1.54, 1.807) is 6.08 Å². The number of rotatable bonds is 0. The SMILES string of the molecule is C[C@]12CC=C(O1)C(=O)C(Cl)C21OCCO1. The summed E-state index contributed by atoms with van der Waals surface area (Å²) in [6.07, 6.45) is 2.36. The largest absolute Gasteiger partial charge is 0.478 e. The number of fused-ring (bicyclic) bond motifs is 3. The molecule has 0 aromatic carbocycles. The van der Waals surface area contributed by atoms with Crippen molar-refractivity contribution >= 4 is 17.4 Å². The third-order valence-electron chi connectivity index (χ3n) is 3.27. The third kappa shape index (κ3) is 0.973. The summed E-state index contributed by atoms with van der Waals surface area (Å²) in [5.74, 6) is -1.00. The molecule has 2 fully saturated rings. The van der Waals surface area contributed by atoms with Crippen molar-refractivity contribution in [2.24, 2.45) is 0 Å². The van der Waals surface area contributed by atoms with Crippen molar-refractivity contribution in [1.29, 1.82) is 0 Å². The van der Waals surface area contributed by atoms with Gasteiger partial charge in [0.15, 0.2) is 16.7 Å². The van der Waals surface area contributed by atoms with E-state index >= 15 is 0 Å². The average molecular weight is 231 g/mol. The van der Waals surface area contributed by atoms with E-state index in [1.165, 1.54) is 0 Å². The van der Waals surface area contributed by atoms with E-state index in [1.807, 2.05) is 6.92 Å². The summed E-state index contributed by atoms with van der Waals surface area (Å²) in [7, 11) is 0. The summed E-state index contributed by atoms with van der Waals surface area (Å²) < 4.78 is 16.7. The first-order valence-corrected chi connectivity index (χ1v) is 5.38. The van der Waals surface area contributed by atoms with E-state index in [2.05, 4.69) is 0 Å². The first kappa shape index (κ1) is 9.63. The Bertz CT molecular complexity index is 358. The van der Waals surface area contributed by atoms with Crippen LogP contribution in [0.1, 0.15) is 13.3 Å². The average Bonchev–Trinajstić information content (AvgIpc) is 2.81. The van der Waals surface area contributed by atoms with Crippen molar-refractivity contribution in [2.75, 3.05) is 13.2 Å². The molecule has 0 aromatic rings. The van der Waals surface area contributed by atoms with E-state index in [4.69, 9.17) is 25.8 Å². The fraction of sp³-hybridized carbons (Fsp3) is 0.700. The van der Waals surface area contributed by atoms with Crippen LogP contribution in [0, 0.1) is 0 Å². The molecular formula is C10H11ClO4. The fourth-order valence-electron chi connectivity index (χ4n) is 2.42. The summed E-state index contributed by atoms with van der Waals surface area (Å²) in [6.45, 7) is 2.76. The van der Waals surface area contributed by atoms with Crippen LogP contribution < -0.4 is 0 Å². The van der Waals surface area contributed by atoms with Crippen LogP contribution in [0.2, 0.25) is 0 Å². The van der Waals surface area contributed by atoms with Gasteiger partial charge in [-0.2, -0.15) is 0 Å². The van der Waals surface area contributed by atoms with Gasteiger partial charge in [-0.25, -0.2) is 0 Å². The van der Waals surface area contributed by atoms with Gasteiger partial charge in [0.1, 0.15) is 0 Å². The predicted octanol–water partition coefficient (Wildman–Crippen LogP) is 0.982. The third-order valence-corrected chi connectivity index (χ3v) is 3.76. The Morgan fingerprint density at radius 3 is 2.80 bits per heavy atom. The second kappa shape index (κ2) is 2.75. The maximum absolute atomic E-state index is 11.8. The molecule has 15 heavy (non-hydrogen) atoms. The van der Waals surface area contributed by atoms with Gasteiger partial charge in [-0.05, 0) is 13.0 Å². The molecule has 5 heteroatoms. The van der Waals surface area contributed by atoms with Crippen molar-refractivity contribution in [3.05, 3.63) is 11.8 Å². The lowest BCUT2D eigenvalue weighted by molar-refractivity contribution is -0.269.